The summed E-state index contributed by atoms with van der Waals surface area (Å²) in [6.07, 6.45) is 5.31. The largest absolute Gasteiger partial charge is 0.311 e. The first-order valence-corrected chi connectivity index (χ1v) is 14.0. The topological polar surface area (TPSA) is 6.48 Å². The summed E-state index contributed by atoms with van der Waals surface area (Å²) in [7, 11) is 0. The highest BCUT2D eigenvalue weighted by Gasteiger charge is 2.12. The zero-order chi connectivity index (χ0) is 27.7. The van der Waals surface area contributed by atoms with Crippen molar-refractivity contribution in [2.45, 2.75) is 6.42 Å². The summed E-state index contributed by atoms with van der Waals surface area (Å²) in [6, 6.07) is 59.6. The first-order valence-electron chi connectivity index (χ1n) is 14.0. The highest BCUT2D eigenvalue weighted by molar-refractivity contribution is 5.78. The zero-order valence-corrected chi connectivity index (χ0v) is 22.9. The SMILES string of the molecule is C(=Cc1ccc(N(c2ccccc2)c2ccccc2)cc1)Cc1ccc(N(c2ccccc2)c2ccccc2)cc1. The Balaban J connectivity index is 1.16. The van der Waals surface area contributed by atoms with Crippen molar-refractivity contribution >= 4 is 40.2 Å². The Morgan fingerprint density at radius 1 is 0.341 bits per heavy atom. The van der Waals surface area contributed by atoms with E-state index in [1.807, 2.05) is 0 Å². The summed E-state index contributed by atoms with van der Waals surface area (Å²) < 4.78 is 0. The lowest BCUT2D eigenvalue weighted by Gasteiger charge is -2.25. The van der Waals surface area contributed by atoms with E-state index in [4.69, 9.17) is 0 Å². The first-order chi connectivity index (χ1) is 20.3. The molecule has 0 amide bonds. The Hall–Kier alpha value is -5.34. The predicted octanol–water partition coefficient (Wildman–Crippen LogP) is 10.9. The Kier molecular flexibility index (Phi) is 8.01. The number of nitrogens with zero attached hydrogens (tertiary/aromatic N) is 2. The van der Waals surface area contributed by atoms with Crippen LogP contribution in [0, 0.1) is 0 Å². The molecule has 0 N–H and O–H groups in total. The average Bonchev–Trinajstić information content (AvgIpc) is 3.05. The molecule has 0 bridgehead atoms. The number of hydrogen-bond donors (Lipinski definition) is 0. The van der Waals surface area contributed by atoms with Crippen molar-refractivity contribution in [2.24, 2.45) is 0 Å². The standard InChI is InChI=1S/C39H32N2/c1-5-16-34(17-6-1)40(35-18-7-2-8-19-35)38-28-24-32(25-29-38)14-13-15-33-26-30-39(31-27-33)41(36-20-9-3-10-21-36)37-22-11-4-12-23-37/h1-14,16-31H,15H2. The lowest BCUT2D eigenvalue weighted by atomic mass is 10.1. The van der Waals surface area contributed by atoms with Crippen LogP contribution >= 0.6 is 0 Å². The smallest absolute Gasteiger partial charge is 0.0462 e. The molecule has 6 aromatic carbocycles. The minimum Gasteiger partial charge on any atom is -0.311 e. The van der Waals surface area contributed by atoms with E-state index in [1.165, 1.54) is 11.1 Å². The quantitative estimate of drug-likeness (QED) is 0.184. The highest BCUT2D eigenvalue weighted by atomic mass is 15.1. The Labute approximate surface area is 243 Å². The molecule has 0 aliphatic carbocycles. The molecular formula is C39H32N2. The van der Waals surface area contributed by atoms with E-state index in [0.29, 0.717) is 0 Å². The molecule has 2 nitrogen and oxygen atoms in total. The van der Waals surface area contributed by atoms with Gasteiger partial charge in [-0.1, -0.05) is 109 Å². The molecule has 0 aromatic heterocycles. The summed E-state index contributed by atoms with van der Waals surface area (Å²) in [4.78, 5) is 4.57. The zero-order valence-electron chi connectivity index (χ0n) is 22.9. The van der Waals surface area contributed by atoms with Gasteiger partial charge in [-0.2, -0.15) is 0 Å². The Bertz CT molecular complexity index is 1580. The second-order valence-electron chi connectivity index (χ2n) is 9.88. The van der Waals surface area contributed by atoms with Crippen LogP contribution in [-0.2, 0) is 6.42 Å². The van der Waals surface area contributed by atoms with Crippen LogP contribution in [0.5, 0.6) is 0 Å². The fourth-order valence-electron chi connectivity index (χ4n) is 5.05. The third-order valence-corrected chi connectivity index (χ3v) is 7.07. The van der Waals surface area contributed by atoms with Crippen molar-refractivity contribution in [1.29, 1.82) is 0 Å². The van der Waals surface area contributed by atoms with Crippen LogP contribution in [-0.4, -0.2) is 0 Å². The molecule has 41 heavy (non-hydrogen) atoms. The molecule has 6 aromatic rings. The lowest BCUT2D eigenvalue weighted by Crippen LogP contribution is -2.09. The first kappa shape index (κ1) is 25.9. The maximum absolute atomic E-state index is 2.29. The number of benzene rings is 6. The molecule has 0 fully saturated rings. The van der Waals surface area contributed by atoms with Crippen LogP contribution in [0.1, 0.15) is 11.1 Å². The third kappa shape index (κ3) is 6.29. The van der Waals surface area contributed by atoms with Gasteiger partial charge in [0, 0.05) is 34.1 Å². The summed E-state index contributed by atoms with van der Waals surface area (Å²) in [5.74, 6) is 0. The second-order valence-corrected chi connectivity index (χ2v) is 9.88. The average molecular weight is 529 g/mol. The van der Waals surface area contributed by atoms with Crippen LogP contribution in [0.3, 0.4) is 0 Å². The number of rotatable bonds is 9. The maximum atomic E-state index is 2.29. The summed E-state index contributed by atoms with van der Waals surface area (Å²) in [5, 5.41) is 0. The molecule has 198 valence electrons. The fraction of sp³-hybridized carbons (Fsp3) is 0.0256. The molecule has 2 heteroatoms. The van der Waals surface area contributed by atoms with Crippen LogP contribution in [0.4, 0.5) is 34.1 Å². The van der Waals surface area contributed by atoms with E-state index >= 15 is 0 Å². The number of para-hydroxylation sites is 4. The molecule has 0 aliphatic rings. The van der Waals surface area contributed by atoms with Crippen molar-refractivity contribution in [3.8, 4) is 0 Å². The molecule has 0 radical (unpaired) electrons. The van der Waals surface area contributed by atoms with E-state index in [9.17, 15) is 0 Å². The predicted molar refractivity (Wildman–Crippen MR) is 175 cm³/mol. The molecule has 0 atom stereocenters. The monoisotopic (exact) mass is 528 g/mol. The Morgan fingerprint density at radius 2 is 0.659 bits per heavy atom. The maximum Gasteiger partial charge on any atom is 0.0462 e. The second kappa shape index (κ2) is 12.7. The summed E-state index contributed by atoms with van der Waals surface area (Å²) >= 11 is 0. The van der Waals surface area contributed by atoms with Crippen molar-refractivity contribution in [3.05, 3.63) is 187 Å². The van der Waals surface area contributed by atoms with Crippen molar-refractivity contribution in [2.75, 3.05) is 9.80 Å². The van der Waals surface area contributed by atoms with Gasteiger partial charge in [0.25, 0.3) is 0 Å². The van der Waals surface area contributed by atoms with Crippen molar-refractivity contribution in [1.82, 2.24) is 0 Å². The number of allylic oxidation sites excluding steroid dienone is 1. The van der Waals surface area contributed by atoms with E-state index in [0.717, 1.165) is 40.5 Å². The van der Waals surface area contributed by atoms with Gasteiger partial charge < -0.3 is 9.80 Å². The van der Waals surface area contributed by atoms with Gasteiger partial charge in [-0.15, -0.1) is 0 Å². The third-order valence-electron chi connectivity index (χ3n) is 7.07. The van der Waals surface area contributed by atoms with E-state index in [-0.39, 0.29) is 0 Å². The fourth-order valence-corrected chi connectivity index (χ4v) is 5.05. The van der Waals surface area contributed by atoms with Gasteiger partial charge in [-0.25, -0.2) is 0 Å². The number of hydrogen-bond acceptors (Lipinski definition) is 2. The van der Waals surface area contributed by atoms with Gasteiger partial charge in [0.2, 0.25) is 0 Å². The van der Waals surface area contributed by atoms with Crippen LogP contribution < -0.4 is 9.80 Å². The van der Waals surface area contributed by atoms with Gasteiger partial charge >= 0.3 is 0 Å². The molecule has 0 aliphatic heterocycles. The van der Waals surface area contributed by atoms with Gasteiger partial charge in [-0.3, -0.25) is 0 Å². The van der Waals surface area contributed by atoms with Gasteiger partial charge in [-0.05, 0) is 90.3 Å². The summed E-state index contributed by atoms with van der Waals surface area (Å²) in [5.41, 5.74) is 9.32. The molecular weight excluding hydrogens is 496 g/mol. The molecule has 0 saturated heterocycles. The molecule has 0 heterocycles. The molecule has 0 saturated carbocycles. The van der Waals surface area contributed by atoms with E-state index in [1.54, 1.807) is 0 Å². The number of anilines is 6. The molecule has 6 rings (SSSR count). The van der Waals surface area contributed by atoms with E-state index < -0.39 is 0 Å². The molecule has 0 unspecified atom stereocenters. The van der Waals surface area contributed by atoms with Gasteiger partial charge in [0.1, 0.15) is 0 Å². The lowest BCUT2D eigenvalue weighted by molar-refractivity contribution is 1.24. The van der Waals surface area contributed by atoms with Crippen molar-refractivity contribution < 1.29 is 0 Å². The normalized spacial score (nSPS) is 10.9. The molecule has 0 spiro atoms. The van der Waals surface area contributed by atoms with Crippen LogP contribution in [0.15, 0.2) is 176 Å². The van der Waals surface area contributed by atoms with Crippen LogP contribution in [0.25, 0.3) is 6.08 Å². The van der Waals surface area contributed by atoms with Gasteiger partial charge in [0.05, 0.1) is 0 Å². The van der Waals surface area contributed by atoms with Crippen LogP contribution in [0.2, 0.25) is 0 Å². The Morgan fingerprint density at radius 3 is 1.02 bits per heavy atom. The van der Waals surface area contributed by atoms with E-state index in [2.05, 4.69) is 192 Å². The minimum atomic E-state index is 0.874. The van der Waals surface area contributed by atoms with Gasteiger partial charge in [0.15, 0.2) is 0 Å². The highest BCUT2D eigenvalue weighted by Crippen LogP contribution is 2.35. The van der Waals surface area contributed by atoms with Crippen molar-refractivity contribution in [3.63, 3.8) is 0 Å². The summed E-state index contributed by atoms with van der Waals surface area (Å²) in [6.45, 7) is 0. The minimum absolute atomic E-state index is 0.874.